The number of benzene rings is 1. The van der Waals surface area contributed by atoms with Crippen LogP contribution in [0.3, 0.4) is 0 Å². The summed E-state index contributed by atoms with van der Waals surface area (Å²) in [6, 6.07) is 12.4. The van der Waals surface area contributed by atoms with Crippen LogP contribution in [0.1, 0.15) is 5.56 Å². The Hall–Kier alpha value is -2.69. The first-order valence-electron chi connectivity index (χ1n) is 5.40. The summed E-state index contributed by atoms with van der Waals surface area (Å²) < 4.78 is 0. The monoisotopic (exact) mass is 240 g/mol. The predicted octanol–water partition coefficient (Wildman–Crippen LogP) is 2.24. The van der Waals surface area contributed by atoms with Gasteiger partial charge in [-0.25, -0.2) is 10.2 Å². The minimum Gasteiger partial charge on any atom is -0.307 e. The molecule has 90 valence electrons. The molecule has 0 saturated carbocycles. The zero-order chi connectivity index (χ0) is 12.6. The van der Waals surface area contributed by atoms with E-state index in [4.69, 9.17) is 0 Å². The van der Waals surface area contributed by atoms with Crippen LogP contribution in [0, 0.1) is 0 Å². The van der Waals surface area contributed by atoms with Crippen molar-refractivity contribution in [1.29, 1.82) is 0 Å². The van der Waals surface area contributed by atoms with Gasteiger partial charge in [0.15, 0.2) is 0 Å². The Morgan fingerprint density at radius 3 is 2.56 bits per heavy atom. The molecule has 2 rings (SSSR count). The Morgan fingerprint density at radius 2 is 1.83 bits per heavy atom. The average molecular weight is 240 g/mol. The smallest absolute Gasteiger partial charge is 0.307 e. The number of nitrogens with zero attached hydrogens (tertiary/aromatic N) is 2. The van der Waals surface area contributed by atoms with E-state index in [-0.39, 0.29) is 6.03 Å². The molecule has 0 aliphatic carbocycles. The maximum absolute atomic E-state index is 11.5. The highest BCUT2D eigenvalue weighted by atomic mass is 16.2. The highest BCUT2D eigenvalue weighted by Crippen LogP contribution is 2.03. The molecule has 5 nitrogen and oxygen atoms in total. The Morgan fingerprint density at radius 1 is 1.11 bits per heavy atom. The zero-order valence-corrected chi connectivity index (χ0v) is 9.58. The Bertz CT molecular complexity index is 525. The van der Waals surface area contributed by atoms with Gasteiger partial charge in [-0.15, -0.1) is 0 Å². The van der Waals surface area contributed by atoms with Crippen molar-refractivity contribution in [2.24, 2.45) is 5.10 Å². The van der Waals surface area contributed by atoms with Crippen molar-refractivity contribution < 1.29 is 4.79 Å². The largest absolute Gasteiger partial charge is 0.339 e. The van der Waals surface area contributed by atoms with Gasteiger partial charge in [0.05, 0.1) is 6.21 Å². The second kappa shape index (κ2) is 6.15. The lowest BCUT2D eigenvalue weighted by Gasteiger charge is -2.02. The van der Waals surface area contributed by atoms with E-state index in [0.29, 0.717) is 5.69 Å². The molecule has 0 atom stereocenters. The fourth-order valence-electron chi connectivity index (χ4n) is 1.30. The van der Waals surface area contributed by atoms with Gasteiger partial charge in [0.1, 0.15) is 0 Å². The molecule has 0 bridgehead atoms. The van der Waals surface area contributed by atoms with Crippen molar-refractivity contribution in [2.75, 3.05) is 5.32 Å². The molecule has 18 heavy (non-hydrogen) atoms. The molecule has 0 aliphatic rings. The Balaban J connectivity index is 1.84. The number of aromatic nitrogens is 1. The van der Waals surface area contributed by atoms with Crippen LogP contribution in [0.5, 0.6) is 0 Å². The van der Waals surface area contributed by atoms with Crippen LogP contribution in [-0.4, -0.2) is 17.2 Å². The van der Waals surface area contributed by atoms with E-state index < -0.39 is 0 Å². The average Bonchev–Trinajstić information content (AvgIpc) is 2.41. The first-order chi connectivity index (χ1) is 8.84. The van der Waals surface area contributed by atoms with Crippen molar-refractivity contribution in [3.63, 3.8) is 0 Å². The van der Waals surface area contributed by atoms with Crippen LogP contribution in [0.4, 0.5) is 10.5 Å². The molecule has 0 fully saturated rings. The normalized spacial score (nSPS) is 10.2. The van der Waals surface area contributed by atoms with Crippen LogP contribution in [-0.2, 0) is 0 Å². The van der Waals surface area contributed by atoms with E-state index in [1.165, 1.54) is 0 Å². The van der Waals surface area contributed by atoms with Crippen LogP contribution in [0.15, 0.2) is 60.0 Å². The number of amides is 2. The number of carbonyl (C=O) groups is 1. The number of pyridine rings is 1. The second-order valence-corrected chi connectivity index (χ2v) is 3.47. The first-order valence-corrected chi connectivity index (χ1v) is 5.40. The molecule has 2 aromatic rings. The number of hydrazone groups is 1. The number of para-hydroxylation sites is 1. The van der Waals surface area contributed by atoms with Gasteiger partial charge in [-0.05, 0) is 29.8 Å². The second-order valence-electron chi connectivity index (χ2n) is 3.47. The number of nitrogens with one attached hydrogen (secondary N) is 2. The van der Waals surface area contributed by atoms with E-state index in [9.17, 15) is 4.79 Å². The van der Waals surface area contributed by atoms with E-state index in [1.54, 1.807) is 42.9 Å². The lowest BCUT2D eigenvalue weighted by atomic mass is 10.3. The molecular formula is C13H12N4O. The number of hydrogen-bond acceptors (Lipinski definition) is 3. The van der Waals surface area contributed by atoms with Crippen molar-refractivity contribution >= 4 is 17.9 Å². The van der Waals surface area contributed by atoms with Crippen molar-refractivity contribution in [1.82, 2.24) is 10.4 Å². The topological polar surface area (TPSA) is 66.4 Å². The summed E-state index contributed by atoms with van der Waals surface area (Å²) in [5.74, 6) is 0. The SMILES string of the molecule is O=C(NN=Cc1ccncc1)Nc1ccccc1. The fraction of sp³-hybridized carbons (Fsp3) is 0. The molecule has 1 aromatic heterocycles. The summed E-state index contributed by atoms with van der Waals surface area (Å²) in [5.41, 5.74) is 3.96. The van der Waals surface area contributed by atoms with Gasteiger partial charge in [-0.3, -0.25) is 4.98 Å². The molecular weight excluding hydrogens is 228 g/mol. The van der Waals surface area contributed by atoms with Crippen LogP contribution in [0.2, 0.25) is 0 Å². The predicted molar refractivity (Wildman–Crippen MR) is 70.4 cm³/mol. The van der Waals surface area contributed by atoms with E-state index in [2.05, 4.69) is 20.8 Å². The Labute approximate surface area is 105 Å². The first kappa shape index (κ1) is 11.8. The molecule has 1 heterocycles. The van der Waals surface area contributed by atoms with Gasteiger partial charge in [0.2, 0.25) is 0 Å². The number of carbonyl (C=O) groups excluding carboxylic acids is 1. The van der Waals surface area contributed by atoms with Crippen molar-refractivity contribution in [3.8, 4) is 0 Å². The lowest BCUT2D eigenvalue weighted by Crippen LogP contribution is -2.24. The third-order valence-electron chi connectivity index (χ3n) is 2.12. The molecule has 0 saturated heterocycles. The van der Waals surface area contributed by atoms with Gasteiger partial charge < -0.3 is 5.32 Å². The Kier molecular flexibility index (Phi) is 4.02. The summed E-state index contributed by atoms with van der Waals surface area (Å²) in [6.07, 6.45) is 4.86. The van der Waals surface area contributed by atoms with E-state index >= 15 is 0 Å². The van der Waals surface area contributed by atoms with Gasteiger partial charge in [-0.2, -0.15) is 5.10 Å². The molecule has 2 N–H and O–H groups in total. The fourth-order valence-corrected chi connectivity index (χ4v) is 1.30. The van der Waals surface area contributed by atoms with Gasteiger partial charge in [-0.1, -0.05) is 18.2 Å². The molecule has 1 aromatic carbocycles. The van der Waals surface area contributed by atoms with Crippen molar-refractivity contribution in [3.05, 3.63) is 60.4 Å². The number of urea groups is 1. The molecule has 2 amide bonds. The van der Waals surface area contributed by atoms with Crippen LogP contribution >= 0.6 is 0 Å². The van der Waals surface area contributed by atoms with E-state index in [1.807, 2.05) is 18.2 Å². The van der Waals surface area contributed by atoms with Gasteiger partial charge >= 0.3 is 6.03 Å². The zero-order valence-electron chi connectivity index (χ0n) is 9.58. The molecule has 5 heteroatoms. The number of rotatable bonds is 3. The molecule has 0 radical (unpaired) electrons. The van der Waals surface area contributed by atoms with Crippen LogP contribution < -0.4 is 10.7 Å². The summed E-state index contributed by atoms with van der Waals surface area (Å²) in [4.78, 5) is 15.3. The van der Waals surface area contributed by atoms with E-state index in [0.717, 1.165) is 5.56 Å². The lowest BCUT2D eigenvalue weighted by molar-refractivity contribution is 0.252. The number of hydrogen-bond donors (Lipinski definition) is 2. The summed E-state index contributed by atoms with van der Waals surface area (Å²) >= 11 is 0. The summed E-state index contributed by atoms with van der Waals surface area (Å²) in [5, 5.41) is 6.47. The van der Waals surface area contributed by atoms with Gasteiger partial charge in [0.25, 0.3) is 0 Å². The van der Waals surface area contributed by atoms with Crippen molar-refractivity contribution in [2.45, 2.75) is 0 Å². The minimum absolute atomic E-state index is 0.383. The van der Waals surface area contributed by atoms with Gasteiger partial charge in [0, 0.05) is 18.1 Å². The molecule has 0 unspecified atom stereocenters. The maximum Gasteiger partial charge on any atom is 0.339 e. The quantitative estimate of drug-likeness (QED) is 0.638. The third kappa shape index (κ3) is 3.71. The number of anilines is 1. The highest BCUT2D eigenvalue weighted by molar-refractivity contribution is 5.90. The minimum atomic E-state index is -0.383. The highest BCUT2D eigenvalue weighted by Gasteiger charge is 1.97. The maximum atomic E-state index is 11.5. The standard InChI is InChI=1S/C13H12N4O/c18-13(16-12-4-2-1-3-5-12)17-15-10-11-6-8-14-9-7-11/h1-10H,(H2,16,17,18). The van der Waals surface area contributed by atoms with Crippen LogP contribution in [0.25, 0.3) is 0 Å². The molecule has 0 spiro atoms. The summed E-state index contributed by atoms with van der Waals surface area (Å²) in [7, 11) is 0. The summed E-state index contributed by atoms with van der Waals surface area (Å²) in [6.45, 7) is 0. The molecule has 0 aliphatic heterocycles. The third-order valence-corrected chi connectivity index (χ3v) is 2.12.